The molecule has 0 aliphatic carbocycles. The van der Waals surface area contributed by atoms with Crippen molar-refractivity contribution in [2.45, 2.75) is 19.8 Å². The van der Waals surface area contributed by atoms with Crippen molar-refractivity contribution in [1.82, 2.24) is 4.98 Å². The normalized spacial score (nSPS) is 11.0. The van der Waals surface area contributed by atoms with Gasteiger partial charge < -0.3 is 0 Å². The van der Waals surface area contributed by atoms with Crippen LogP contribution in [0.15, 0.2) is 60.0 Å². The van der Waals surface area contributed by atoms with Crippen molar-refractivity contribution >= 4 is 43.9 Å². The highest BCUT2D eigenvalue weighted by atomic mass is 32.1. The number of fused-ring (bicyclic) bond motifs is 1. The first-order chi connectivity index (χ1) is 12.7. The number of amides is 1. The predicted octanol–water partition coefficient (Wildman–Crippen LogP) is 5.70. The summed E-state index contributed by atoms with van der Waals surface area (Å²) in [6.45, 7) is 2.05. The Balaban J connectivity index is 1.47. The summed E-state index contributed by atoms with van der Waals surface area (Å²) in [4.78, 5) is 18.5. The number of thiophene rings is 1. The SMILES string of the molecule is Cc1ccc2nc(NC(=O)c3cccc(CCc4cccs4)c3)sc2c1. The molecule has 0 spiro atoms. The summed E-state index contributed by atoms with van der Waals surface area (Å²) in [6, 6.07) is 18.2. The van der Waals surface area contributed by atoms with Gasteiger partial charge in [-0.25, -0.2) is 4.98 Å². The molecule has 5 heteroatoms. The summed E-state index contributed by atoms with van der Waals surface area (Å²) >= 11 is 3.28. The molecular formula is C21H18N2OS2. The molecule has 3 nitrogen and oxygen atoms in total. The monoisotopic (exact) mass is 378 g/mol. The Morgan fingerprint density at radius 3 is 2.85 bits per heavy atom. The van der Waals surface area contributed by atoms with Gasteiger partial charge in [-0.3, -0.25) is 10.1 Å². The third kappa shape index (κ3) is 3.84. The summed E-state index contributed by atoms with van der Waals surface area (Å²) in [5, 5.41) is 5.67. The Labute approximate surface area is 160 Å². The fraction of sp³-hybridized carbons (Fsp3) is 0.143. The van der Waals surface area contributed by atoms with Crippen LogP contribution in [0.2, 0.25) is 0 Å². The highest BCUT2D eigenvalue weighted by Gasteiger charge is 2.11. The van der Waals surface area contributed by atoms with E-state index >= 15 is 0 Å². The maximum atomic E-state index is 12.6. The average Bonchev–Trinajstić information content (AvgIpc) is 3.29. The fourth-order valence-corrected chi connectivity index (χ4v) is 4.51. The van der Waals surface area contributed by atoms with Crippen LogP contribution >= 0.6 is 22.7 Å². The van der Waals surface area contributed by atoms with Crippen LogP contribution in [0.25, 0.3) is 10.2 Å². The van der Waals surface area contributed by atoms with Gasteiger partial charge in [-0.1, -0.05) is 35.6 Å². The zero-order valence-electron chi connectivity index (χ0n) is 14.4. The number of anilines is 1. The molecule has 4 aromatic rings. The van der Waals surface area contributed by atoms with E-state index < -0.39 is 0 Å². The van der Waals surface area contributed by atoms with Crippen LogP contribution in [0, 0.1) is 6.92 Å². The van der Waals surface area contributed by atoms with Crippen LogP contribution in [-0.2, 0) is 12.8 Å². The third-order valence-corrected chi connectivity index (χ3v) is 6.06. The van der Waals surface area contributed by atoms with Crippen LogP contribution < -0.4 is 5.32 Å². The minimum atomic E-state index is -0.112. The zero-order chi connectivity index (χ0) is 17.9. The quantitative estimate of drug-likeness (QED) is 0.484. The number of hydrogen-bond acceptors (Lipinski definition) is 4. The Kier molecular flexibility index (Phi) is 4.82. The molecule has 0 aliphatic heterocycles. The van der Waals surface area contributed by atoms with Gasteiger partial charge in [0, 0.05) is 10.4 Å². The van der Waals surface area contributed by atoms with Gasteiger partial charge in [0.2, 0.25) is 0 Å². The number of nitrogens with one attached hydrogen (secondary N) is 1. The third-order valence-electron chi connectivity index (χ3n) is 4.19. The minimum Gasteiger partial charge on any atom is -0.298 e. The molecule has 0 unspecified atom stereocenters. The molecule has 0 radical (unpaired) electrons. The number of nitrogens with zero attached hydrogens (tertiary/aromatic N) is 1. The second-order valence-electron chi connectivity index (χ2n) is 6.22. The van der Waals surface area contributed by atoms with Gasteiger partial charge in [0.1, 0.15) is 0 Å². The second kappa shape index (κ2) is 7.40. The van der Waals surface area contributed by atoms with Gasteiger partial charge >= 0.3 is 0 Å². The second-order valence-corrected chi connectivity index (χ2v) is 8.29. The highest BCUT2D eigenvalue weighted by molar-refractivity contribution is 7.22. The number of carbonyl (C=O) groups is 1. The van der Waals surface area contributed by atoms with E-state index in [1.165, 1.54) is 27.3 Å². The number of aromatic nitrogens is 1. The lowest BCUT2D eigenvalue weighted by molar-refractivity contribution is 0.102. The molecule has 0 fully saturated rings. The Bertz CT molecular complexity index is 1050. The van der Waals surface area contributed by atoms with Gasteiger partial charge in [0.05, 0.1) is 10.2 Å². The van der Waals surface area contributed by atoms with Gasteiger partial charge in [-0.15, -0.1) is 11.3 Å². The summed E-state index contributed by atoms with van der Waals surface area (Å²) in [6.07, 6.45) is 1.93. The van der Waals surface area contributed by atoms with E-state index in [0.717, 1.165) is 23.1 Å². The fourth-order valence-electron chi connectivity index (χ4n) is 2.85. The minimum absolute atomic E-state index is 0.112. The Morgan fingerprint density at radius 1 is 1.08 bits per heavy atom. The first-order valence-corrected chi connectivity index (χ1v) is 10.2. The van der Waals surface area contributed by atoms with E-state index in [2.05, 4.69) is 46.9 Å². The molecule has 0 saturated heterocycles. The van der Waals surface area contributed by atoms with E-state index in [4.69, 9.17) is 0 Å². The molecule has 0 aliphatic rings. The van der Waals surface area contributed by atoms with E-state index in [9.17, 15) is 4.79 Å². The first kappa shape index (κ1) is 16.9. The lowest BCUT2D eigenvalue weighted by Gasteiger charge is -2.05. The summed E-state index contributed by atoms with van der Waals surface area (Å²) < 4.78 is 1.09. The van der Waals surface area contributed by atoms with Crippen LogP contribution in [0.4, 0.5) is 5.13 Å². The van der Waals surface area contributed by atoms with E-state index in [1.807, 2.05) is 30.3 Å². The van der Waals surface area contributed by atoms with Crippen molar-refractivity contribution < 1.29 is 4.79 Å². The van der Waals surface area contributed by atoms with Gasteiger partial charge in [-0.05, 0) is 66.6 Å². The summed E-state index contributed by atoms with van der Waals surface area (Å²) in [7, 11) is 0. The molecule has 1 amide bonds. The van der Waals surface area contributed by atoms with Crippen molar-refractivity contribution in [3.8, 4) is 0 Å². The molecule has 0 bridgehead atoms. The van der Waals surface area contributed by atoms with Crippen molar-refractivity contribution in [3.63, 3.8) is 0 Å². The molecule has 0 atom stereocenters. The zero-order valence-corrected chi connectivity index (χ0v) is 16.0. The molecule has 0 saturated carbocycles. The van der Waals surface area contributed by atoms with Crippen molar-refractivity contribution in [2.24, 2.45) is 0 Å². The number of aryl methyl sites for hydroxylation is 3. The van der Waals surface area contributed by atoms with Crippen LogP contribution in [0.5, 0.6) is 0 Å². The molecule has 2 aromatic heterocycles. The number of benzene rings is 2. The Hall–Kier alpha value is -2.50. The van der Waals surface area contributed by atoms with Crippen molar-refractivity contribution in [1.29, 1.82) is 0 Å². The number of thiazole rings is 1. The molecule has 1 N–H and O–H groups in total. The van der Waals surface area contributed by atoms with Crippen LogP contribution in [0.1, 0.15) is 26.4 Å². The summed E-state index contributed by atoms with van der Waals surface area (Å²) in [5.41, 5.74) is 3.95. The van der Waals surface area contributed by atoms with E-state index in [0.29, 0.717) is 10.7 Å². The number of carbonyl (C=O) groups excluding carboxylic acids is 1. The predicted molar refractivity (Wildman–Crippen MR) is 110 cm³/mol. The number of hydrogen-bond donors (Lipinski definition) is 1. The van der Waals surface area contributed by atoms with Crippen molar-refractivity contribution in [3.05, 3.63) is 81.5 Å². The van der Waals surface area contributed by atoms with E-state index in [1.54, 1.807) is 11.3 Å². The Morgan fingerprint density at radius 2 is 2.00 bits per heavy atom. The average molecular weight is 379 g/mol. The van der Waals surface area contributed by atoms with E-state index in [-0.39, 0.29) is 5.91 Å². The molecular weight excluding hydrogens is 360 g/mol. The first-order valence-electron chi connectivity index (χ1n) is 8.47. The molecule has 2 aromatic carbocycles. The van der Waals surface area contributed by atoms with Gasteiger partial charge in [-0.2, -0.15) is 0 Å². The lowest BCUT2D eigenvalue weighted by atomic mass is 10.1. The van der Waals surface area contributed by atoms with Gasteiger partial charge in [0.15, 0.2) is 5.13 Å². The van der Waals surface area contributed by atoms with Crippen LogP contribution in [-0.4, -0.2) is 10.9 Å². The van der Waals surface area contributed by atoms with Crippen LogP contribution in [0.3, 0.4) is 0 Å². The summed E-state index contributed by atoms with van der Waals surface area (Å²) in [5.74, 6) is -0.112. The maximum absolute atomic E-state index is 12.6. The smallest absolute Gasteiger partial charge is 0.257 e. The molecule has 26 heavy (non-hydrogen) atoms. The number of rotatable bonds is 5. The van der Waals surface area contributed by atoms with Crippen molar-refractivity contribution in [2.75, 3.05) is 5.32 Å². The maximum Gasteiger partial charge on any atom is 0.257 e. The molecule has 2 heterocycles. The highest BCUT2D eigenvalue weighted by Crippen LogP contribution is 2.27. The standard InChI is InChI=1S/C21H18N2OS2/c1-14-7-10-18-19(12-14)26-21(22-18)23-20(24)16-5-2-4-15(13-16)8-9-17-6-3-11-25-17/h2-7,10-13H,8-9H2,1H3,(H,22,23,24). The topological polar surface area (TPSA) is 42.0 Å². The lowest BCUT2D eigenvalue weighted by Crippen LogP contribution is -2.12. The largest absolute Gasteiger partial charge is 0.298 e. The molecule has 4 rings (SSSR count). The van der Waals surface area contributed by atoms with Gasteiger partial charge in [0.25, 0.3) is 5.91 Å². The molecule has 130 valence electrons.